The maximum absolute atomic E-state index is 14.3. The number of alkyl halides is 1. The lowest BCUT2D eigenvalue weighted by Crippen LogP contribution is -2.40. The Bertz CT molecular complexity index is 426. The van der Waals surface area contributed by atoms with Gasteiger partial charge in [0.05, 0.1) is 6.04 Å². The summed E-state index contributed by atoms with van der Waals surface area (Å²) in [6, 6.07) is 7.80. The summed E-state index contributed by atoms with van der Waals surface area (Å²) in [5, 5.41) is 2.47. The van der Waals surface area contributed by atoms with Crippen LogP contribution in [-0.4, -0.2) is 17.7 Å². The number of hydrogen-bond acceptors (Lipinski definition) is 2. The van der Waals surface area contributed by atoms with E-state index in [4.69, 9.17) is 4.74 Å². The molecule has 1 rings (SSSR count). The van der Waals surface area contributed by atoms with Crippen LogP contribution in [0.15, 0.2) is 43.0 Å². The highest BCUT2D eigenvalue weighted by Crippen LogP contribution is 2.22. The van der Waals surface area contributed by atoms with Gasteiger partial charge in [-0.05, 0) is 26.3 Å². The number of rotatable bonds is 4. The van der Waals surface area contributed by atoms with Gasteiger partial charge in [-0.2, -0.15) is 0 Å². The van der Waals surface area contributed by atoms with Crippen molar-refractivity contribution in [3.8, 4) is 0 Å². The van der Waals surface area contributed by atoms with Crippen molar-refractivity contribution in [2.24, 2.45) is 0 Å². The first-order valence-electron chi connectivity index (χ1n) is 6.14. The fourth-order valence-electron chi connectivity index (χ4n) is 1.54. The molecule has 1 amide bonds. The minimum atomic E-state index is -1.36. The highest BCUT2D eigenvalue weighted by molar-refractivity contribution is 5.68. The predicted octanol–water partition coefficient (Wildman–Crippen LogP) is 3.78. The lowest BCUT2D eigenvalue weighted by molar-refractivity contribution is 0.0491. The molecule has 1 aromatic rings. The zero-order chi connectivity index (χ0) is 14.5. The number of halogens is 1. The molecule has 0 saturated carbocycles. The van der Waals surface area contributed by atoms with Crippen LogP contribution in [0.2, 0.25) is 0 Å². The molecule has 104 valence electrons. The molecule has 0 heterocycles. The summed E-state index contributed by atoms with van der Waals surface area (Å²) < 4.78 is 19.3. The number of benzene rings is 1. The van der Waals surface area contributed by atoms with Crippen molar-refractivity contribution in [3.05, 3.63) is 48.6 Å². The van der Waals surface area contributed by atoms with Crippen molar-refractivity contribution in [3.63, 3.8) is 0 Å². The third-order valence-corrected chi connectivity index (χ3v) is 2.37. The van der Waals surface area contributed by atoms with Crippen LogP contribution in [0, 0.1) is 0 Å². The highest BCUT2D eigenvalue weighted by Gasteiger charge is 2.24. The molecule has 1 unspecified atom stereocenters. The molecule has 0 aliphatic rings. The molecule has 0 saturated heterocycles. The Labute approximate surface area is 113 Å². The van der Waals surface area contributed by atoms with Crippen molar-refractivity contribution < 1.29 is 13.9 Å². The van der Waals surface area contributed by atoms with E-state index in [0.29, 0.717) is 5.56 Å². The van der Waals surface area contributed by atoms with E-state index < -0.39 is 23.9 Å². The second-order valence-corrected chi connectivity index (χ2v) is 5.22. The summed E-state index contributed by atoms with van der Waals surface area (Å²) >= 11 is 0. The van der Waals surface area contributed by atoms with Gasteiger partial charge < -0.3 is 10.1 Å². The summed E-state index contributed by atoms with van der Waals surface area (Å²) in [6.45, 7) is 8.80. The van der Waals surface area contributed by atoms with Crippen LogP contribution in [0.1, 0.15) is 32.5 Å². The monoisotopic (exact) mass is 265 g/mol. The average molecular weight is 265 g/mol. The van der Waals surface area contributed by atoms with E-state index in [1.165, 1.54) is 6.08 Å². The molecular weight excluding hydrogens is 245 g/mol. The normalized spacial score (nSPS) is 14.3. The van der Waals surface area contributed by atoms with Gasteiger partial charge in [-0.25, -0.2) is 9.18 Å². The zero-order valence-electron chi connectivity index (χ0n) is 11.5. The number of carbonyl (C=O) groups excluding carboxylic acids is 1. The van der Waals surface area contributed by atoms with Gasteiger partial charge in [0.1, 0.15) is 11.8 Å². The highest BCUT2D eigenvalue weighted by atomic mass is 19.1. The number of ether oxygens (including phenoxy) is 1. The van der Waals surface area contributed by atoms with E-state index in [0.717, 1.165) is 0 Å². The predicted molar refractivity (Wildman–Crippen MR) is 73.6 cm³/mol. The molecule has 0 fully saturated rings. The maximum atomic E-state index is 14.3. The fraction of sp³-hybridized carbons (Fsp3) is 0.400. The fourth-order valence-corrected chi connectivity index (χ4v) is 1.54. The number of carbonyl (C=O) groups is 1. The van der Waals surface area contributed by atoms with Crippen molar-refractivity contribution >= 4 is 6.09 Å². The van der Waals surface area contributed by atoms with Crippen LogP contribution in [0.25, 0.3) is 0 Å². The molecule has 0 bridgehead atoms. The SMILES string of the molecule is C=CC(NC(=O)OC(C)(C)C)[C@H](F)c1ccccc1. The lowest BCUT2D eigenvalue weighted by Gasteiger charge is -2.24. The van der Waals surface area contributed by atoms with E-state index in [-0.39, 0.29) is 0 Å². The number of nitrogens with one attached hydrogen (secondary N) is 1. The van der Waals surface area contributed by atoms with Gasteiger partial charge in [0, 0.05) is 0 Å². The van der Waals surface area contributed by atoms with Gasteiger partial charge in [0.2, 0.25) is 0 Å². The zero-order valence-corrected chi connectivity index (χ0v) is 11.5. The molecule has 3 nitrogen and oxygen atoms in total. The van der Waals surface area contributed by atoms with Gasteiger partial charge in [0.15, 0.2) is 0 Å². The summed E-state index contributed by atoms with van der Waals surface area (Å²) in [5.74, 6) is 0. The summed E-state index contributed by atoms with van der Waals surface area (Å²) in [4.78, 5) is 11.6. The van der Waals surface area contributed by atoms with Gasteiger partial charge in [-0.3, -0.25) is 0 Å². The molecule has 0 aliphatic heterocycles. The molecule has 0 aromatic heterocycles. The Balaban J connectivity index is 2.68. The van der Waals surface area contributed by atoms with E-state index in [1.54, 1.807) is 51.1 Å². The van der Waals surface area contributed by atoms with Gasteiger partial charge >= 0.3 is 6.09 Å². The Morgan fingerprint density at radius 2 is 1.95 bits per heavy atom. The molecule has 2 atom stereocenters. The van der Waals surface area contributed by atoms with Gasteiger partial charge in [-0.15, -0.1) is 6.58 Å². The minimum Gasteiger partial charge on any atom is -0.444 e. The lowest BCUT2D eigenvalue weighted by atomic mass is 10.0. The van der Waals surface area contributed by atoms with Gasteiger partial charge in [0.25, 0.3) is 0 Å². The van der Waals surface area contributed by atoms with Crippen LogP contribution in [0.4, 0.5) is 9.18 Å². The van der Waals surface area contributed by atoms with Crippen LogP contribution in [0.3, 0.4) is 0 Å². The van der Waals surface area contributed by atoms with E-state index in [1.807, 2.05) is 0 Å². The number of hydrogen-bond donors (Lipinski definition) is 1. The molecule has 0 radical (unpaired) electrons. The average Bonchev–Trinajstić information content (AvgIpc) is 2.34. The van der Waals surface area contributed by atoms with E-state index in [9.17, 15) is 9.18 Å². The second-order valence-electron chi connectivity index (χ2n) is 5.22. The third kappa shape index (κ3) is 5.12. The minimum absolute atomic E-state index is 0.489. The van der Waals surface area contributed by atoms with Crippen LogP contribution in [-0.2, 0) is 4.74 Å². The first-order valence-corrected chi connectivity index (χ1v) is 6.14. The second kappa shape index (κ2) is 6.36. The first-order chi connectivity index (χ1) is 8.83. The molecule has 0 aliphatic carbocycles. The molecular formula is C15H20FNO2. The number of amides is 1. The third-order valence-electron chi connectivity index (χ3n) is 2.37. The Kier molecular flexibility index (Phi) is 5.10. The smallest absolute Gasteiger partial charge is 0.408 e. The maximum Gasteiger partial charge on any atom is 0.408 e. The Hall–Kier alpha value is -1.84. The molecule has 1 N–H and O–H groups in total. The van der Waals surface area contributed by atoms with Gasteiger partial charge in [-0.1, -0.05) is 36.4 Å². The quantitative estimate of drug-likeness (QED) is 0.841. The first kappa shape index (κ1) is 15.2. The number of alkyl carbamates (subject to hydrolysis) is 1. The largest absolute Gasteiger partial charge is 0.444 e. The summed E-state index contributed by atoms with van der Waals surface area (Å²) in [6.07, 6.45) is -0.649. The molecule has 19 heavy (non-hydrogen) atoms. The van der Waals surface area contributed by atoms with Crippen molar-refractivity contribution in [1.29, 1.82) is 0 Å². The van der Waals surface area contributed by atoms with Crippen LogP contribution >= 0.6 is 0 Å². The van der Waals surface area contributed by atoms with Crippen LogP contribution < -0.4 is 5.32 Å². The molecule has 1 aromatic carbocycles. The van der Waals surface area contributed by atoms with Crippen molar-refractivity contribution in [1.82, 2.24) is 5.32 Å². The Morgan fingerprint density at radius 1 is 1.37 bits per heavy atom. The summed E-state index contributed by atoms with van der Waals surface area (Å²) in [7, 11) is 0. The van der Waals surface area contributed by atoms with Crippen molar-refractivity contribution in [2.45, 2.75) is 38.6 Å². The van der Waals surface area contributed by atoms with Crippen LogP contribution in [0.5, 0.6) is 0 Å². The molecule has 4 heteroatoms. The molecule has 0 spiro atoms. The topological polar surface area (TPSA) is 38.3 Å². The standard InChI is InChI=1S/C15H20FNO2/c1-5-12(17-14(18)19-15(2,3)4)13(16)11-9-7-6-8-10-11/h5-10,12-13H,1H2,2-4H3,(H,17,18)/t12?,13-/m1/s1. The van der Waals surface area contributed by atoms with E-state index in [2.05, 4.69) is 11.9 Å². The summed E-state index contributed by atoms with van der Waals surface area (Å²) in [5.41, 5.74) is -0.127. The Morgan fingerprint density at radius 3 is 2.42 bits per heavy atom. The van der Waals surface area contributed by atoms with Crippen molar-refractivity contribution in [2.75, 3.05) is 0 Å². The van der Waals surface area contributed by atoms with E-state index >= 15 is 0 Å².